The SMILES string of the molecule is C=CN1CC2OC3CC([I-]3)N2C/C1=C/C. The predicted octanol–water partition coefficient (Wildman–Crippen LogP) is -1.85. The Balaban J connectivity index is 1.80. The fourth-order valence-corrected chi connectivity index (χ4v) is 5.38. The first-order valence-corrected chi connectivity index (χ1v) is 7.88. The van der Waals surface area contributed by atoms with Crippen LogP contribution in [0.4, 0.5) is 0 Å². The van der Waals surface area contributed by atoms with Gasteiger partial charge in [-0.15, -0.1) is 0 Å². The van der Waals surface area contributed by atoms with E-state index in [-0.39, 0.29) is 0 Å². The van der Waals surface area contributed by atoms with Gasteiger partial charge in [-0.3, -0.25) is 0 Å². The van der Waals surface area contributed by atoms with E-state index >= 15 is 0 Å². The van der Waals surface area contributed by atoms with Crippen LogP contribution in [0.25, 0.3) is 0 Å². The summed E-state index contributed by atoms with van der Waals surface area (Å²) < 4.78 is 7.57. The Morgan fingerprint density at radius 3 is 3.07 bits per heavy atom. The number of ether oxygens (including phenoxy) is 1. The zero-order chi connectivity index (χ0) is 10.4. The Hall–Kier alpha value is -0.0700. The molecular formula is C11H16IN2O-. The average molecular weight is 319 g/mol. The average Bonchev–Trinajstić information content (AvgIpc) is 2.25. The Morgan fingerprint density at radius 2 is 2.40 bits per heavy atom. The molecule has 0 saturated carbocycles. The molecule has 2 bridgehead atoms. The number of hydrogen-bond acceptors (Lipinski definition) is 3. The van der Waals surface area contributed by atoms with Gasteiger partial charge < -0.3 is 0 Å². The Bertz CT molecular complexity index is 312. The van der Waals surface area contributed by atoms with Gasteiger partial charge in [0.2, 0.25) is 0 Å². The molecule has 4 aliphatic heterocycles. The van der Waals surface area contributed by atoms with Crippen LogP contribution in [0.15, 0.2) is 24.6 Å². The molecule has 0 amide bonds. The van der Waals surface area contributed by atoms with Crippen molar-refractivity contribution in [2.24, 2.45) is 0 Å². The quantitative estimate of drug-likeness (QED) is 0.321. The predicted molar refractivity (Wildman–Crippen MR) is 54.4 cm³/mol. The van der Waals surface area contributed by atoms with Crippen molar-refractivity contribution in [3.05, 3.63) is 24.6 Å². The van der Waals surface area contributed by atoms with E-state index in [9.17, 15) is 0 Å². The molecule has 4 heterocycles. The molecule has 3 atom stereocenters. The van der Waals surface area contributed by atoms with Crippen molar-refractivity contribution in [2.45, 2.75) is 27.7 Å². The molecule has 4 saturated heterocycles. The maximum absolute atomic E-state index is 6.04. The molecule has 0 aromatic rings. The number of alkyl halides is 2. The van der Waals surface area contributed by atoms with Crippen molar-refractivity contribution in [3.63, 3.8) is 0 Å². The second-order valence-corrected chi connectivity index (χ2v) is 7.63. The molecule has 0 radical (unpaired) electrons. The summed E-state index contributed by atoms with van der Waals surface area (Å²) in [5, 5.41) is 0. The van der Waals surface area contributed by atoms with E-state index in [4.69, 9.17) is 4.74 Å². The summed E-state index contributed by atoms with van der Waals surface area (Å²) >= 11 is 0.292. The normalized spacial score (nSPS) is 42.9. The van der Waals surface area contributed by atoms with Gasteiger partial charge in [0.25, 0.3) is 0 Å². The van der Waals surface area contributed by atoms with E-state index in [1.165, 1.54) is 12.1 Å². The van der Waals surface area contributed by atoms with Crippen LogP contribution in [0.2, 0.25) is 0 Å². The van der Waals surface area contributed by atoms with Crippen LogP contribution in [0.3, 0.4) is 0 Å². The summed E-state index contributed by atoms with van der Waals surface area (Å²) in [6, 6.07) is 0. The standard InChI is InChI=1S/C11H16IN2O/c1-3-8-6-14-9-5-10(12-9)15-11(14)7-13(8)4-2/h3-4,9-11H,2,5-7H2,1H3/q-1/b8-3-. The molecule has 4 fully saturated rings. The van der Waals surface area contributed by atoms with Gasteiger partial charge in [-0.05, 0) is 0 Å². The van der Waals surface area contributed by atoms with Crippen LogP contribution in [-0.4, -0.2) is 37.3 Å². The fraction of sp³-hybridized carbons (Fsp3) is 0.636. The number of rotatable bonds is 1. The van der Waals surface area contributed by atoms with E-state index in [2.05, 4.69) is 29.4 Å². The number of piperazine rings is 1. The molecule has 4 aliphatic rings. The summed E-state index contributed by atoms with van der Waals surface area (Å²) in [4.78, 5) is 4.78. The van der Waals surface area contributed by atoms with E-state index in [1.54, 1.807) is 0 Å². The van der Waals surface area contributed by atoms with Crippen LogP contribution in [0.5, 0.6) is 0 Å². The van der Waals surface area contributed by atoms with Gasteiger partial charge >= 0.3 is 101 Å². The van der Waals surface area contributed by atoms with Crippen molar-refractivity contribution in [1.82, 2.24) is 9.80 Å². The minimum absolute atomic E-state index is 0.292. The van der Waals surface area contributed by atoms with Crippen molar-refractivity contribution in [3.8, 4) is 0 Å². The third kappa shape index (κ3) is 1.54. The molecular weight excluding hydrogens is 303 g/mol. The third-order valence-electron chi connectivity index (χ3n) is 3.32. The van der Waals surface area contributed by atoms with Crippen molar-refractivity contribution in [1.29, 1.82) is 0 Å². The minimum atomic E-state index is 0.292. The zero-order valence-corrected chi connectivity index (χ0v) is 11.1. The molecule has 15 heavy (non-hydrogen) atoms. The molecule has 3 unspecified atom stereocenters. The van der Waals surface area contributed by atoms with Crippen LogP contribution in [0, 0.1) is 0 Å². The first-order valence-electron chi connectivity index (χ1n) is 5.39. The Labute approximate surface area is 101 Å². The fourth-order valence-electron chi connectivity index (χ4n) is 2.39. The van der Waals surface area contributed by atoms with Gasteiger partial charge in [-0.1, -0.05) is 0 Å². The first kappa shape index (κ1) is 10.1. The van der Waals surface area contributed by atoms with Crippen LogP contribution < -0.4 is 21.2 Å². The van der Waals surface area contributed by atoms with Gasteiger partial charge in [-0.25, -0.2) is 0 Å². The third-order valence-corrected chi connectivity index (χ3v) is 6.98. The summed E-state index contributed by atoms with van der Waals surface area (Å²) in [6.45, 7) is 7.98. The number of nitrogens with zero attached hydrogens (tertiary/aromatic N) is 2. The summed E-state index contributed by atoms with van der Waals surface area (Å²) in [7, 11) is 0. The van der Waals surface area contributed by atoms with Gasteiger partial charge in [0.1, 0.15) is 0 Å². The second-order valence-electron chi connectivity index (χ2n) is 4.08. The van der Waals surface area contributed by atoms with E-state index in [1.807, 2.05) is 6.20 Å². The monoisotopic (exact) mass is 319 g/mol. The number of hydrogen-bond donors (Lipinski definition) is 0. The molecule has 4 rings (SSSR count). The molecule has 0 aliphatic carbocycles. The number of halogens is 1. The van der Waals surface area contributed by atoms with Gasteiger partial charge in [-0.2, -0.15) is 0 Å². The molecule has 4 heteroatoms. The second kappa shape index (κ2) is 3.75. The molecule has 84 valence electrons. The summed E-state index contributed by atoms with van der Waals surface area (Å²) in [6.07, 6.45) is 5.73. The number of allylic oxidation sites excluding steroid dienone is 1. The van der Waals surface area contributed by atoms with E-state index < -0.39 is 0 Å². The van der Waals surface area contributed by atoms with Gasteiger partial charge in [0.15, 0.2) is 0 Å². The molecule has 0 spiro atoms. The molecule has 3 nitrogen and oxygen atoms in total. The summed E-state index contributed by atoms with van der Waals surface area (Å²) in [5.74, 6) is 0. The van der Waals surface area contributed by atoms with Crippen molar-refractivity contribution >= 4 is 0 Å². The Kier molecular flexibility index (Phi) is 2.52. The molecule has 0 aromatic heterocycles. The van der Waals surface area contributed by atoms with Crippen LogP contribution in [0.1, 0.15) is 13.3 Å². The van der Waals surface area contributed by atoms with Gasteiger partial charge in [0, 0.05) is 0 Å². The van der Waals surface area contributed by atoms with Crippen molar-refractivity contribution < 1.29 is 25.9 Å². The van der Waals surface area contributed by atoms with Gasteiger partial charge in [0.05, 0.1) is 0 Å². The summed E-state index contributed by atoms with van der Waals surface area (Å²) in [5.41, 5.74) is 1.37. The van der Waals surface area contributed by atoms with E-state index in [0.717, 1.165) is 17.1 Å². The van der Waals surface area contributed by atoms with Crippen LogP contribution in [-0.2, 0) is 4.74 Å². The maximum atomic E-state index is 6.04. The zero-order valence-electron chi connectivity index (χ0n) is 8.90. The Morgan fingerprint density at radius 1 is 1.60 bits per heavy atom. The van der Waals surface area contributed by atoms with Crippen molar-refractivity contribution in [2.75, 3.05) is 13.1 Å². The molecule has 0 aromatic carbocycles. The van der Waals surface area contributed by atoms with E-state index in [0.29, 0.717) is 31.5 Å². The topological polar surface area (TPSA) is 15.7 Å². The molecule has 0 N–H and O–H groups in total. The van der Waals surface area contributed by atoms with Crippen LogP contribution >= 0.6 is 0 Å². The first-order chi connectivity index (χ1) is 7.31.